The zero-order valence-corrected chi connectivity index (χ0v) is 18.0. The molecule has 0 spiro atoms. The van der Waals surface area contributed by atoms with Gasteiger partial charge < -0.3 is 14.7 Å². The van der Waals surface area contributed by atoms with Crippen LogP contribution in [0.15, 0.2) is 91.0 Å². The molecule has 0 aliphatic carbocycles. The number of hydrogen-bond donors (Lipinski definition) is 1. The number of para-hydroxylation sites is 1. The standard InChI is InChI=1S/C27H32N2O2/c30-27(24-13-6-2-7-14-24)26(23-11-4-1-5-12-23)29-20-18-28(19-21-29)17-10-22-31-25-15-8-3-9-16-25/h1-9,11-16,26-27,30H,10,17-22H2. The molecule has 1 heterocycles. The summed E-state index contributed by atoms with van der Waals surface area (Å²) in [5, 5.41) is 11.3. The van der Waals surface area contributed by atoms with Crippen LogP contribution in [0.2, 0.25) is 0 Å². The molecule has 4 heteroatoms. The molecule has 4 rings (SSSR count). The Balaban J connectivity index is 1.32. The van der Waals surface area contributed by atoms with Gasteiger partial charge in [0.15, 0.2) is 0 Å². The second kappa shape index (κ2) is 11.1. The lowest BCUT2D eigenvalue weighted by molar-refractivity contribution is 0.0157. The summed E-state index contributed by atoms with van der Waals surface area (Å²) >= 11 is 0. The van der Waals surface area contributed by atoms with Crippen LogP contribution in [0.4, 0.5) is 0 Å². The Kier molecular flexibility index (Phi) is 7.72. The molecule has 3 aromatic carbocycles. The Morgan fingerprint density at radius 3 is 1.87 bits per heavy atom. The maximum absolute atomic E-state index is 11.3. The SMILES string of the molecule is OC(c1ccccc1)C(c1ccccc1)N1CCN(CCCOc2ccccc2)CC1. The van der Waals surface area contributed by atoms with Crippen molar-refractivity contribution in [3.8, 4) is 5.75 Å². The molecule has 0 bridgehead atoms. The van der Waals surface area contributed by atoms with E-state index in [0.29, 0.717) is 0 Å². The van der Waals surface area contributed by atoms with Crippen molar-refractivity contribution in [1.82, 2.24) is 9.80 Å². The van der Waals surface area contributed by atoms with Crippen molar-refractivity contribution >= 4 is 0 Å². The predicted molar refractivity (Wildman–Crippen MR) is 125 cm³/mol. The lowest BCUT2D eigenvalue weighted by Crippen LogP contribution is -2.49. The first-order chi connectivity index (χ1) is 15.3. The molecular weight excluding hydrogens is 384 g/mol. The van der Waals surface area contributed by atoms with Gasteiger partial charge in [0.25, 0.3) is 0 Å². The molecule has 3 aromatic rings. The second-order valence-corrected chi connectivity index (χ2v) is 8.10. The fourth-order valence-corrected chi connectivity index (χ4v) is 4.34. The number of hydrogen-bond acceptors (Lipinski definition) is 4. The Morgan fingerprint density at radius 2 is 1.26 bits per heavy atom. The second-order valence-electron chi connectivity index (χ2n) is 8.10. The van der Waals surface area contributed by atoms with Gasteiger partial charge in [-0.05, 0) is 29.7 Å². The Morgan fingerprint density at radius 1 is 0.710 bits per heavy atom. The summed E-state index contributed by atoms with van der Waals surface area (Å²) in [5.74, 6) is 0.938. The minimum atomic E-state index is -0.547. The van der Waals surface area contributed by atoms with E-state index in [0.717, 1.165) is 57.1 Å². The molecule has 31 heavy (non-hydrogen) atoms. The summed E-state index contributed by atoms with van der Waals surface area (Å²) in [6, 6.07) is 30.4. The smallest absolute Gasteiger partial charge is 0.119 e. The van der Waals surface area contributed by atoms with Gasteiger partial charge in [0.2, 0.25) is 0 Å². The summed E-state index contributed by atoms with van der Waals surface area (Å²) in [4.78, 5) is 4.94. The van der Waals surface area contributed by atoms with Gasteiger partial charge in [-0.15, -0.1) is 0 Å². The molecule has 1 fully saturated rings. The summed E-state index contributed by atoms with van der Waals surface area (Å²) < 4.78 is 5.82. The molecule has 4 nitrogen and oxygen atoms in total. The Labute approximate surface area is 185 Å². The van der Waals surface area contributed by atoms with Gasteiger partial charge in [0, 0.05) is 32.7 Å². The molecule has 1 N–H and O–H groups in total. The first-order valence-corrected chi connectivity index (χ1v) is 11.2. The van der Waals surface area contributed by atoms with E-state index in [-0.39, 0.29) is 6.04 Å². The van der Waals surface area contributed by atoms with Crippen LogP contribution in [-0.2, 0) is 0 Å². The highest BCUT2D eigenvalue weighted by Crippen LogP contribution is 2.34. The maximum Gasteiger partial charge on any atom is 0.119 e. The highest BCUT2D eigenvalue weighted by atomic mass is 16.5. The van der Waals surface area contributed by atoms with E-state index >= 15 is 0 Å². The molecule has 0 radical (unpaired) electrons. The van der Waals surface area contributed by atoms with Crippen LogP contribution in [0.3, 0.4) is 0 Å². The third-order valence-corrected chi connectivity index (χ3v) is 6.01. The summed E-state index contributed by atoms with van der Waals surface area (Å²) in [7, 11) is 0. The van der Waals surface area contributed by atoms with E-state index in [2.05, 4.69) is 34.1 Å². The zero-order chi connectivity index (χ0) is 21.3. The van der Waals surface area contributed by atoms with Gasteiger partial charge in [-0.25, -0.2) is 0 Å². The van der Waals surface area contributed by atoms with Crippen molar-refractivity contribution in [2.75, 3.05) is 39.3 Å². The minimum Gasteiger partial charge on any atom is -0.494 e. The van der Waals surface area contributed by atoms with Crippen molar-refractivity contribution < 1.29 is 9.84 Å². The topological polar surface area (TPSA) is 35.9 Å². The van der Waals surface area contributed by atoms with Crippen molar-refractivity contribution in [1.29, 1.82) is 0 Å². The van der Waals surface area contributed by atoms with Crippen LogP contribution < -0.4 is 4.74 Å². The van der Waals surface area contributed by atoms with E-state index in [9.17, 15) is 5.11 Å². The van der Waals surface area contributed by atoms with Crippen LogP contribution in [-0.4, -0.2) is 54.2 Å². The molecule has 1 saturated heterocycles. The van der Waals surface area contributed by atoms with Gasteiger partial charge >= 0.3 is 0 Å². The fourth-order valence-electron chi connectivity index (χ4n) is 4.34. The summed E-state index contributed by atoms with van der Waals surface area (Å²) in [6.45, 7) is 5.69. The van der Waals surface area contributed by atoms with Crippen molar-refractivity contribution in [2.45, 2.75) is 18.6 Å². The van der Waals surface area contributed by atoms with Crippen LogP contribution >= 0.6 is 0 Å². The van der Waals surface area contributed by atoms with Crippen molar-refractivity contribution in [3.05, 3.63) is 102 Å². The number of piperazine rings is 1. The quantitative estimate of drug-likeness (QED) is 0.519. The van der Waals surface area contributed by atoms with Gasteiger partial charge in [-0.2, -0.15) is 0 Å². The van der Waals surface area contributed by atoms with Gasteiger partial charge in [-0.3, -0.25) is 4.90 Å². The highest BCUT2D eigenvalue weighted by Gasteiger charge is 2.31. The van der Waals surface area contributed by atoms with Gasteiger partial charge in [0.1, 0.15) is 5.75 Å². The van der Waals surface area contributed by atoms with E-state index in [1.54, 1.807) is 0 Å². The number of ether oxygens (including phenoxy) is 1. The van der Waals surface area contributed by atoms with Crippen LogP contribution in [0.25, 0.3) is 0 Å². The van der Waals surface area contributed by atoms with Crippen LogP contribution in [0.1, 0.15) is 29.7 Å². The molecule has 1 aliphatic heterocycles. The van der Waals surface area contributed by atoms with E-state index in [1.807, 2.05) is 66.7 Å². The summed E-state index contributed by atoms with van der Waals surface area (Å²) in [5.41, 5.74) is 2.14. The third kappa shape index (κ3) is 5.95. The molecule has 0 saturated carbocycles. The van der Waals surface area contributed by atoms with E-state index in [1.165, 1.54) is 5.56 Å². The van der Waals surface area contributed by atoms with Crippen LogP contribution in [0, 0.1) is 0 Å². The molecule has 2 atom stereocenters. The van der Waals surface area contributed by atoms with E-state index in [4.69, 9.17) is 4.74 Å². The minimum absolute atomic E-state index is 0.0350. The predicted octanol–water partition coefficient (Wildman–Crippen LogP) is 4.55. The fraction of sp³-hybridized carbons (Fsp3) is 0.333. The number of aliphatic hydroxyl groups excluding tert-OH is 1. The Bertz CT molecular complexity index is 881. The lowest BCUT2D eigenvalue weighted by atomic mass is 9.94. The Hall–Kier alpha value is -2.66. The van der Waals surface area contributed by atoms with Crippen molar-refractivity contribution in [2.24, 2.45) is 0 Å². The average molecular weight is 417 g/mol. The van der Waals surface area contributed by atoms with Gasteiger partial charge in [-0.1, -0.05) is 78.9 Å². The van der Waals surface area contributed by atoms with E-state index < -0.39 is 6.10 Å². The molecule has 1 aliphatic rings. The number of benzene rings is 3. The normalized spacial score (nSPS) is 17.2. The third-order valence-electron chi connectivity index (χ3n) is 6.01. The number of rotatable bonds is 9. The molecule has 0 amide bonds. The molecule has 0 aromatic heterocycles. The average Bonchev–Trinajstić information content (AvgIpc) is 2.85. The maximum atomic E-state index is 11.3. The largest absolute Gasteiger partial charge is 0.494 e. The van der Waals surface area contributed by atoms with Crippen LogP contribution in [0.5, 0.6) is 5.75 Å². The number of nitrogens with zero attached hydrogens (tertiary/aromatic N) is 2. The summed E-state index contributed by atoms with van der Waals surface area (Å²) in [6.07, 6.45) is 0.471. The first kappa shape index (κ1) is 21.6. The molecule has 2 unspecified atom stereocenters. The highest BCUT2D eigenvalue weighted by molar-refractivity contribution is 5.26. The van der Waals surface area contributed by atoms with Gasteiger partial charge in [0.05, 0.1) is 18.8 Å². The molecular formula is C27H32N2O2. The lowest BCUT2D eigenvalue weighted by Gasteiger charge is -2.41. The van der Waals surface area contributed by atoms with Crippen molar-refractivity contribution in [3.63, 3.8) is 0 Å². The first-order valence-electron chi connectivity index (χ1n) is 11.2. The zero-order valence-electron chi connectivity index (χ0n) is 18.0. The molecule has 162 valence electrons. The monoisotopic (exact) mass is 416 g/mol. The number of aliphatic hydroxyl groups is 1.